The van der Waals surface area contributed by atoms with E-state index in [9.17, 15) is 24.1 Å². The summed E-state index contributed by atoms with van der Waals surface area (Å²) < 4.78 is 18.0. The minimum Gasteiger partial charge on any atom is -0.455 e. The highest BCUT2D eigenvalue weighted by atomic mass is 19.1. The van der Waals surface area contributed by atoms with Gasteiger partial charge in [-0.1, -0.05) is 18.2 Å². The number of ether oxygens (including phenoxy) is 1. The number of anilines is 1. The Bertz CT molecular complexity index is 1030. The first-order valence-electron chi connectivity index (χ1n) is 7.88. The fourth-order valence-electron chi connectivity index (χ4n) is 2.58. The summed E-state index contributed by atoms with van der Waals surface area (Å²) in [7, 11) is 0. The van der Waals surface area contributed by atoms with Gasteiger partial charge >= 0.3 is 5.97 Å². The molecule has 27 heavy (non-hydrogen) atoms. The normalized spacial score (nSPS) is 10.6. The molecule has 0 aliphatic heterocycles. The highest BCUT2D eigenvalue weighted by molar-refractivity contribution is 5.95. The minimum atomic E-state index is -0.818. The summed E-state index contributed by atoms with van der Waals surface area (Å²) in [5.41, 5.74) is 0.833. The van der Waals surface area contributed by atoms with Gasteiger partial charge in [0.1, 0.15) is 11.5 Å². The number of nitro benzene ring substituents is 1. The van der Waals surface area contributed by atoms with Crippen LogP contribution in [0.5, 0.6) is 0 Å². The number of para-hydroxylation sites is 1. The van der Waals surface area contributed by atoms with E-state index in [1.54, 1.807) is 6.20 Å². The standard InChI is InChI=1S/C18H14FN3O5/c19-12-5-6-15(16(8-12)22(25)26)21-17(23)10-27-18(24)7-11-9-20-14-4-2-1-3-13(11)14/h1-6,8-9,20H,7,10H2,(H,21,23). The van der Waals surface area contributed by atoms with Gasteiger partial charge in [-0.2, -0.15) is 0 Å². The van der Waals surface area contributed by atoms with E-state index in [1.165, 1.54) is 0 Å². The van der Waals surface area contributed by atoms with Gasteiger partial charge in [-0.3, -0.25) is 19.7 Å². The van der Waals surface area contributed by atoms with E-state index in [1.807, 2.05) is 24.3 Å². The van der Waals surface area contributed by atoms with Crippen LogP contribution < -0.4 is 5.32 Å². The van der Waals surface area contributed by atoms with Gasteiger partial charge in [0.2, 0.25) is 0 Å². The Labute approximate surface area is 152 Å². The van der Waals surface area contributed by atoms with E-state index in [4.69, 9.17) is 4.74 Å². The van der Waals surface area contributed by atoms with Gasteiger partial charge in [0, 0.05) is 17.1 Å². The summed E-state index contributed by atoms with van der Waals surface area (Å²) >= 11 is 0. The fourth-order valence-corrected chi connectivity index (χ4v) is 2.58. The topological polar surface area (TPSA) is 114 Å². The van der Waals surface area contributed by atoms with Crippen LogP contribution in [0.4, 0.5) is 15.8 Å². The van der Waals surface area contributed by atoms with E-state index in [-0.39, 0.29) is 12.1 Å². The quantitative estimate of drug-likeness (QED) is 0.393. The molecule has 0 aliphatic carbocycles. The fraction of sp³-hybridized carbons (Fsp3) is 0.111. The van der Waals surface area contributed by atoms with E-state index in [0.29, 0.717) is 6.07 Å². The zero-order valence-electron chi connectivity index (χ0n) is 13.9. The van der Waals surface area contributed by atoms with Crippen molar-refractivity contribution in [1.29, 1.82) is 0 Å². The second-order valence-corrected chi connectivity index (χ2v) is 5.66. The van der Waals surface area contributed by atoms with Crippen LogP contribution in [0.15, 0.2) is 48.7 Å². The third-order valence-corrected chi connectivity index (χ3v) is 3.80. The number of esters is 1. The lowest BCUT2D eigenvalue weighted by molar-refractivity contribution is -0.384. The Morgan fingerprint density at radius 3 is 2.78 bits per heavy atom. The number of carbonyl (C=O) groups is 2. The number of nitrogens with zero attached hydrogens (tertiary/aromatic N) is 1. The summed E-state index contributed by atoms with van der Waals surface area (Å²) in [5, 5.41) is 14.0. The number of carbonyl (C=O) groups excluding carboxylic acids is 2. The van der Waals surface area contributed by atoms with Crippen molar-refractivity contribution >= 4 is 34.2 Å². The van der Waals surface area contributed by atoms with Crippen molar-refractivity contribution in [2.75, 3.05) is 11.9 Å². The third-order valence-electron chi connectivity index (χ3n) is 3.80. The Morgan fingerprint density at radius 1 is 1.22 bits per heavy atom. The molecule has 0 fully saturated rings. The lowest BCUT2D eigenvalue weighted by atomic mass is 10.1. The molecule has 0 atom stereocenters. The van der Waals surface area contributed by atoms with E-state index < -0.39 is 34.9 Å². The number of H-pyrrole nitrogens is 1. The smallest absolute Gasteiger partial charge is 0.310 e. The van der Waals surface area contributed by atoms with Gasteiger partial charge in [-0.05, 0) is 23.8 Å². The zero-order valence-corrected chi connectivity index (χ0v) is 13.9. The zero-order chi connectivity index (χ0) is 19.4. The molecule has 2 N–H and O–H groups in total. The Kier molecular flexibility index (Phi) is 5.11. The molecular weight excluding hydrogens is 357 g/mol. The van der Waals surface area contributed by atoms with Crippen LogP contribution >= 0.6 is 0 Å². The van der Waals surface area contributed by atoms with Crippen molar-refractivity contribution in [2.45, 2.75) is 6.42 Å². The number of benzene rings is 2. The van der Waals surface area contributed by atoms with Gasteiger partial charge in [0.05, 0.1) is 17.4 Å². The maximum Gasteiger partial charge on any atom is 0.310 e. The first-order chi connectivity index (χ1) is 12.9. The monoisotopic (exact) mass is 371 g/mol. The molecule has 0 radical (unpaired) electrons. The summed E-state index contributed by atoms with van der Waals surface area (Å²) in [5.74, 6) is -2.19. The van der Waals surface area contributed by atoms with Crippen molar-refractivity contribution in [1.82, 2.24) is 4.98 Å². The number of rotatable bonds is 6. The average molecular weight is 371 g/mol. The molecule has 1 heterocycles. The molecule has 1 aromatic heterocycles. The van der Waals surface area contributed by atoms with Crippen molar-refractivity contribution in [3.05, 3.63) is 70.2 Å². The molecule has 0 saturated heterocycles. The van der Waals surface area contributed by atoms with Crippen LogP contribution in [0.3, 0.4) is 0 Å². The summed E-state index contributed by atoms with van der Waals surface area (Å²) in [6.07, 6.45) is 1.65. The summed E-state index contributed by atoms with van der Waals surface area (Å²) in [6.45, 7) is -0.615. The van der Waals surface area contributed by atoms with Gasteiger partial charge in [-0.25, -0.2) is 4.39 Å². The molecule has 9 heteroatoms. The number of aromatic nitrogens is 1. The largest absolute Gasteiger partial charge is 0.455 e. The number of fused-ring (bicyclic) bond motifs is 1. The number of halogens is 1. The minimum absolute atomic E-state index is 0.0337. The average Bonchev–Trinajstić information content (AvgIpc) is 3.04. The third kappa shape index (κ3) is 4.27. The SMILES string of the molecule is O=C(COC(=O)Cc1c[nH]c2ccccc12)Nc1ccc(F)cc1[N+](=O)[O-]. The van der Waals surface area contributed by atoms with Crippen LogP contribution in [-0.2, 0) is 20.7 Å². The summed E-state index contributed by atoms with van der Waals surface area (Å²) in [4.78, 5) is 37.0. The molecule has 0 bridgehead atoms. The van der Waals surface area contributed by atoms with Crippen LogP contribution in [0.2, 0.25) is 0 Å². The van der Waals surface area contributed by atoms with Gasteiger partial charge in [-0.15, -0.1) is 0 Å². The van der Waals surface area contributed by atoms with Crippen LogP contribution in [0.25, 0.3) is 10.9 Å². The second-order valence-electron chi connectivity index (χ2n) is 5.66. The van der Waals surface area contributed by atoms with Crippen LogP contribution in [0.1, 0.15) is 5.56 Å². The molecule has 3 rings (SSSR count). The molecule has 1 amide bonds. The highest BCUT2D eigenvalue weighted by Gasteiger charge is 2.18. The lowest BCUT2D eigenvalue weighted by Crippen LogP contribution is -2.22. The molecule has 0 saturated carbocycles. The number of amides is 1. The Morgan fingerprint density at radius 2 is 2.00 bits per heavy atom. The molecule has 0 spiro atoms. The van der Waals surface area contributed by atoms with Gasteiger partial charge in [0.25, 0.3) is 11.6 Å². The van der Waals surface area contributed by atoms with Gasteiger partial charge in [0.15, 0.2) is 6.61 Å². The number of hydrogen-bond donors (Lipinski definition) is 2. The van der Waals surface area contributed by atoms with Gasteiger partial charge < -0.3 is 15.0 Å². The number of nitrogens with one attached hydrogen (secondary N) is 2. The van der Waals surface area contributed by atoms with E-state index in [0.717, 1.165) is 28.6 Å². The Balaban J connectivity index is 1.58. The molecule has 3 aromatic rings. The van der Waals surface area contributed by atoms with E-state index in [2.05, 4.69) is 10.3 Å². The van der Waals surface area contributed by atoms with Crippen molar-refractivity contribution in [2.24, 2.45) is 0 Å². The first-order valence-corrected chi connectivity index (χ1v) is 7.88. The maximum absolute atomic E-state index is 13.1. The van der Waals surface area contributed by atoms with Crippen molar-refractivity contribution in [3.63, 3.8) is 0 Å². The predicted molar refractivity (Wildman–Crippen MR) is 94.6 cm³/mol. The molecule has 0 unspecified atom stereocenters. The molecule has 138 valence electrons. The van der Waals surface area contributed by atoms with Crippen LogP contribution in [-0.4, -0.2) is 28.4 Å². The number of nitro groups is 1. The highest BCUT2D eigenvalue weighted by Crippen LogP contribution is 2.25. The van der Waals surface area contributed by atoms with Crippen molar-refractivity contribution < 1.29 is 23.6 Å². The molecule has 8 nitrogen and oxygen atoms in total. The summed E-state index contributed by atoms with van der Waals surface area (Å²) in [6, 6.07) is 10.2. The second kappa shape index (κ2) is 7.65. The molecule has 0 aliphatic rings. The maximum atomic E-state index is 13.1. The number of aromatic amines is 1. The van der Waals surface area contributed by atoms with Crippen LogP contribution in [0, 0.1) is 15.9 Å². The molecular formula is C18H14FN3O5. The van der Waals surface area contributed by atoms with E-state index >= 15 is 0 Å². The predicted octanol–water partition coefficient (Wildman–Crippen LogP) is 2.94. The number of hydrogen-bond acceptors (Lipinski definition) is 5. The molecule has 2 aromatic carbocycles. The first kappa shape index (κ1) is 18.1. The lowest BCUT2D eigenvalue weighted by Gasteiger charge is -2.07. The Hall–Kier alpha value is -3.75. The van der Waals surface area contributed by atoms with Crippen molar-refractivity contribution in [3.8, 4) is 0 Å².